The molecular formula is C15H16N2O2. The van der Waals surface area contributed by atoms with Crippen LogP contribution in [0.4, 0.5) is 5.69 Å². The number of nitrogens with zero attached hydrogens (tertiary/aromatic N) is 1. The van der Waals surface area contributed by atoms with Crippen LogP contribution in [0, 0.1) is 6.92 Å². The molecule has 0 saturated heterocycles. The maximum Gasteiger partial charge on any atom is 0.226 e. The average molecular weight is 256 g/mol. The first-order chi connectivity index (χ1) is 9.19. The van der Waals surface area contributed by atoms with Crippen LogP contribution in [-0.2, 0) is 11.3 Å². The lowest BCUT2D eigenvalue weighted by Gasteiger charge is -2.07. The van der Waals surface area contributed by atoms with E-state index in [0.29, 0.717) is 18.7 Å². The molecule has 0 fully saturated rings. The number of aromatic nitrogens is 1. The zero-order valence-corrected chi connectivity index (χ0v) is 10.8. The Morgan fingerprint density at radius 1 is 1.26 bits per heavy atom. The summed E-state index contributed by atoms with van der Waals surface area (Å²) in [4.78, 5) is 22.5. The van der Waals surface area contributed by atoms with Crippen molar-refractivity contribution in [2.75, 3.05) is 5.32 Å². The van der Waals surface area contributed by atoms with E-state index < -0.39 is 0 Å². The van der Waals surface area contributed by atoms with Crippen LogP contribution in [0.5, 0.6) is 0 Å². The van der Waals surface area contributed by atoms with E-state index in [-0.39, 0.29) is 5.91 Å². The summed E-state index contributed by atoms with van der Waals surface area (Å²) < 4.78 is 1.77. The molecule has 1 aromatic heterocycles. The van der Waals surface area contributed by atoms with Crippen LogP contribution in [0.1, 0.15) is 22.5 Å². The molecule has 0 bridgehead atoms. The predicted molar refractivity (Wildman–Crippen MR) is 74.2 cm³/mol. The van der Waals surface area contributed by atoms with Crippen molar-refractivity contribution in [2.45, 2.75) is 19.9 Å². The van der Waals surface area contributed by atoms with Gasteiger partial charge in [0.15, 0.2) is 6.29 Å². The van der Waals surface area contributed by atoms with Gasteiger partial charge < -0.3 is 9.88 Å². The molecule has 0 spiro atoms. The Kier molecular flexibility index (Phi) is 4.13. The van der Waals surface area contributed by atoms with Crippen molar-refractivity contribution in [3.63, 3.8) is 0 Å². The summed E-state index contributed by atoms with van der Waals surface area (Å²) in [5.74, 6) is -0.0607. The maximum atomic E-state index is 11.8. The highest BCUT2D eigenvalue weighted by Crippen LogP contribution is 2.09. The number of carbonyl (C=O) groups is 2. The van der Waals surface area contributed by atoms with Crippen molar-refractivity contribution in [1.29, 1.82) is 0 Å². The summed E-state index contributed by atoms with van der Waals surface area (Å²) in [6.07, 6.45) is 2.92. The molecule has 2 rings (SSSR count). The number of benzene rings is 1. The zero-order valence-electron chi connectivity index (χ0n) is 10.8. The van der Waals surface area contributed by atoms with Gasteiger partial charge in [0.05, 0.1) is 5.69 Å². The molecule has 0 radical (unpaired) electrons. The minimum atomic E-state index is -0.0607. The minimum Gasteiger partial charge on any atom is -0.345 e. The number of hydrogen-bond donors (Lipinski definition) is 1. The highest BCUT2D eigenvalue weighted by atomic mass is 16.1. The van der Waals surface area contributed by atoms with E-state index in [1.54, 1.807) is 22.9 Å². The Balaban J connectivity index is 1.88. The van der Waals surface area contributed by atoms with Crippen LogP contribution in [0.3, 0.4) is 0 Å². The van der Waals surface area contributed by atoms with Gasteiger partial charge in [0.1, 0.15) is 0 Å². The Morgan fingerprint density at radius 2 is 2.00 bits per heavy atom. The summed E-state index contributed by atoms with van der Waals surface area (Å²) in [5, 5.41) is 2.83. The molecule has 98 valence electrons. The second-order valence-corrected chi connectivity index (χ2v) is 4.41. The second kappa shape index (κ2) is 6.00. The summed E-state index contributed by atoms with van der Waals surface area (Å²) in [7, 11) is 0. The first kappa shape index (κ1) is 13.1. The van der Waals surface area contributed by atoms with Crippen LogP contribution in [0.2, 0.25) is 0 Å². The number of anilines is 1. The van der Waals surface area contributed by atoms with Crippen LogP contribution in [-0.4, -0.2) is 16.8 Å². The third-order valence-corrected chi connectivity index (χ3v) is 2.90. The minimum absolute atomic E-state index is 0.0607. The third-order valence-electron chi connectivity index (χ3n) is 2.90. The molecular weight excluding hydrogens is 240 g/mol. The lowest BCUT2D eigenvalue weighted by molar-refractivity contribution is -0.116. The SMILES string of the molecule is Cc1ccc(NC(=O)CCn2cccc2C=O)cc1. The van der Waals surface area contributed by atoms with Gasteiger partial charge in [0.25, 0.3) is 0 Å². The van der Waals surface area contributed by atoms with Crippen LogP contribution >= 0.6 is 0 Å². The molecule has 1 N–H and O–H groups in total. The maximum absolute atomic E-state index is 11.8. The largest absolute Gasteiger partial charge is 0.345 e. The molecule has 2 aromatic rings. The Hall–Kier alpha value is -2.36. The molecule has 4 nitrogen and oxygen atoms in total. The quantitative estimate of drug-likeness (QED) is 0.836. The fraction of sp³-hybridized carbons (Fsp3) is 0.200. The topological polar surface area (TPSA) is 51.1 Å². The molecule has 0 atom stereocenters. The molecule has 0 unspecified atom stereocenters. The van der Waals surface area contributed by atoms with Crippen LogP contribution in [0.25, 0.3) is 0 Å². The number of nitrogens with one attached hydrogen (secondary N) is 1. The highest BCUT2D eigenvalue weighted by Gasteiger charge is 2.04. The van der Waals surface area contributed by atoms with Crippen molar-refractivity contribution < 1.29 is 9.59 Å². The van der Waals surface area contributed by atoms with Crippen molar-refractivity contribution in [1.82, 2.24) is 4.57 Å². The van der Waals surface area contributed by atoms with E-state index in [9.17, 15) is 9.59 Å². The van der Waals surface area contributed by atoms with Crippen LogP contribution in [0.15, 0.2) is 42.6 Å². The molecule has 0 aliphatic carbocycles. The lowest BCUT2D eigenvalue weighted by Crippen LogP contribution is -2.15. The molecule has 1 amide bonds. The third kappa shape index (κ3) is 3.55. The van der Waals surface area contributed by atoms with Gasteiger partial charge in [-0.15, -0.1) is 0 Å². The predicted octanol–water partition coefficient (Wildman–Crippen LogP) is 2.64. The second-order valence-electron chi connectivity index (χ2n) is 4.41. The molecule has 19 heavy (non-hydrogen) atoms. The fourth-order valence-electron chi connectivity index (χ4n) is 1.82. The zero-order chi connectivity index (χ0) is 13.7. The number of hydrogen-bond acceptors (Lipinski definition) is 2. The molecule has 0 aliphatic heterocycles. The van der Waals surface area contributed by atoms with Gasteiger partial charge in [0, 0.05) is 24.8 Å². The van der Waals surface area contributed by atoms with E-state index >= 15 is 0 Å². The number of carbonyl (C=O) groups excluding carboxylic acids is 2. The van der Waals surface area contributed by atoms with Gasteiger partial charge in [0.2, 0.25) is 5.91 Å². The smallest absolute Gasteiger partial charge is 0.226 e. The fourth-order valence-corrected chi connectivity index (χ4v) is 1.82. The number of aldehydes is 1. The first-order valence-corrected chi connectivity index (χ1v) is 6.16. The summed E-state index contributed by atoms with van der Waals surface area (Å²) in [6.45, 7) is 2.50. The molecule has 1 aromatic carbocycles. The van der Waals surface area contributed by atoms with Crippen LogP contribution < -0.4 is 5.32 Å². The summed E-state index contributed by atoms with van der Waals surface area (Å²) in [5.41, 5.74) is 2.53. The standard InChI is InChI=1S/C15H16N2O2/c1-12-4-6-13(7-5-12)16-15(19)8-10-17-9-2-3-14(17)11-18/h2-7,9,11H,8,10H2,1H3,(H,16,19). The van der Waals surface area contributed by atoms with Gasteiger partial charge in [-0.3, -0.25) is 9.59 Å². The Labute approximate surface area is 112 Å². The van der Waals surface area contributed by atoms with E-state index in [1.807, 2.05) is 31.2 Å². The average Bonchev–Trinajstić information content (AvgIpc) is 2.86. The van der Waals surface area contributed by atoms with E-state index in [4.69, 9.17) is 0 Å². The first-order valence-electron chi connectivity index (χ1n) is 6.16. The number of aryl methyl sites for hydroxylation is 2. The van der Waals surface area contributed by atoms with Crippen molar-refractivity contribution >= 4 is 17.9 Å². The van der Waals surface area contributed by atoms with E-state index in [1.165, 1.54) is 0 Å². The molecule has 4 heteroatoms. The lowest BCUT2D eigenvalue weighted by atomic mass is 10.2. The monoisotopic (exact) mass is 256 g/mol. The van der Waals surface area contributed by atoms with Crippen molar-refractivity contribution in [3.8, 4) is 0 Å². The molecule has 0 saturated carbocycles. The highest BCUT2D eigenvalue weighted by molar-refractivity contribution is 5.90. The van der Waals surface area contributed by atoms with E-state index in [2.05, 4.69) is 5.32 Å². The number of rotatable bonds is 5. The summed E-state index contributed by atoms with van der Waals surface area (Å²) >= 11 is 0. The van der Waals surface area contributed by atoms with Crippen molar-refractivity contribution in [3.05, 3.63) is 53.9 Å². The Bertz CT molecular complexity index is 570. The van der Waals surface area contributed by atoms with Crippen molar-refractivity contribution in [2.24, 2.45) is 0 Å². The normalized spacial score (nSPS) is 10.2. The number of amides is 1. The summed E-state index contributed by atoms with van der Waals surface area (Å²) in [6, 6.07) is 11.2. The molecule has 0 aliphatic rings. The molecule has 1 heterocycles. The van der Waals surface area contributed by atoms with Gasteiger partial charge >= 0.3 is 0 Å². The van der Waals surface area contributed by atoms with Gasteiger partial charge in [-0.25, -0.2) is 0 Å². The van der Waals surface area contributed by atoms with E-state index in [0.717, 1.165) is 17.5 Å². The van der Waals surface area contributed by atoms with Gasteiger partial charge in [-0.05, 0) is 31.2 Å². The van der Waals surface area contributed by atoms with Gasteiger partial charge in [-0.2, -0.15) is 0 Å². The Morgan fingerprint density at radius 3 is 2.68 bits per heavy atom. The van der Waals surface area contributed by atoms with Gasteiger partial charge in [-0.1, -0.05) is 17.7 Å².